The zero-order chi connectivity index (χ0) is 20.5. The summed E-state index contributed by atoms with van der Waals surface area (Å²) in [5, 5.41) is 11.5. The lowest BCUT2D eigenvalue weighted by Gasteiger charge is -2.26. The molecule has 1 aliphatic heterocycles. The van der Waals surface area contributed by atoms with E-state index in [0.29, 0.717) is 11.3 Å². The molecule has 30 heavy (non-hydrogen) atoms. The van der Waals surface area contributed by atoms with Gasteiger partial charge in [-0.15, -0.1) is 0 Å². The van der Waals surface area contributed by atoms with Gasteiger partial charge in [-0.25, -0.2) is 4.79 Å². The predicted octanol–water partition coefficient (Wildman–Crippen LogP) is 0.998. The van der Waals surface area contributed by atoms with E-state index < -0.39 is 5.97 Å². The number of rotatable bonds is 5. The minimum atomic E-state index is -0.948. The van der Waals surface area contributed by atoms with Gasteiger partial charge in [0, 0.05) is 41.2 Å². The van der Waals surface area contributed by atoms with E-state index in [1.54, 1.807) is 12.1 Å². The highest BCUT2D eigenvalue weighted by Gasteiger charge is 2.24. The van der Waals surface area contributed by atoms with Gasteiger partial charge in [-0.2, -0.15) is 0 Å². The molecule has 0 saturated carbocycles. The minimum Gasteiger partial charge on any atom is -1.00 e. The van der Waals surface area contributed by atoms with Gasteiger partial charge in [0.2, 0.25) is 0 Å². The number of carbonyl (C=O) groups is 1. The van der Waals surface area contributed by atoms with Crippen LogP contribution in [0.25, 0.3) is 12.2 Å². The lowest BCUT2D eigenvalue weighted by Crippen LogP contribution is -3.00. The van der Waals surface area contributed by atoms with E-state index in [-0.39, 0.29) is 18.0 Å². The number of halogens is 1. The van der Waals surface area contributed by atoms with Crippen LogP contribution in [-0.4, -0.2) is 24.2 Å². The number of nitrogens with zero attached hydrogens (tertiary/aromatic N) is 1. The highest BCUT2D eigenvalue weighted by Crippen LogP contribution is 2.39. The standard InChI is InChI=1S/C25H23NO3.ClH/c1-4-26(5-2)17-11-13-21-23(15-17)29-22-14-16(3)10-12-20(22)24(21)18-8-6-7-9-19(18)25(27)28;/h6-15H,3-5H2,1-2H3,(H,27,28);1H/p-1. The van der Waals surface area contributed by atoms with Crippen molar-refractivity contribution in [3.63, 3.8) is 0 Å². The lowest BCUT2D eigenvalue weighted by atomic mass is 9.89. The largest absolute Gasteiger partial charge is 1.00 e. The third-order valence-corrected chi connectivity index (χ3v) is 5.33. The molecule has 154 valence electrons. The smallest absolute Gasteiger partial charge is 0.336 e. The van der Waals surface area contributed by atoms with Gasteiger partial charge in [0.15, 0.2) is 0 Å². The Hall–Kier alpha value is -3.24. The number of fused-ring (bicyclic) bond motifs is 2. The molecule has 0 fully saturated rings. The van der Waals surface area contributed by atoms with Gasteiger partial charge in [-0.3, -0.25) is 0 Å². The number of benzene rings is 3. The highest BCUT2D eigenvalue weighted by atomic mass is 35.5. The summed E-state index contributed by atoms with van der Waals surface area (Å²) in [6.07, 6.45) is 0. The molecule has 0 aliphatic carbocycles. The summed E-state index contributed by atoms with van der Waals surface area (Å²) in [5.74, 6) is 0.468. The Morgan fingerprint density at radius 1 is 0.967 bits per heavy atom. The van der Waals surface area contributed by atoms with Crippen LogP contribution in [0.5, 0.6) is 11.5 Å². The maximum Gasteiger partial charge on any atom is 0.336 e. The molecule has 0 amide bonds. The quantitative estimate of drug-likeness (QED) is 0.523. The summed E-state index contributed by atoms with van der Waals surface area (Å²) in [7, 11) is 0. The number of carboxylic acid groups (broad SMARTS) is 1. The molecule has 1 N–H and O–H groups in total. The summed E-state index contributed by atoms with van der Waals surface area (Å²) in [6, 6.07) is 19.0. The van der Waals surface area contributed by atoms with Gasteiger partial charge >= 0.3 is 5.97 Å². The predicted molar refractivity (Wildman–Crippen MR) is 116 cm³/mol. The number of ether oxygens (including phenoxy) is 1. The van der Waals surface area contributed by atoms with Crippen LogP contribution < -0.4 is 32.5 Å². The van der Waals surface area contributed by atoms with E-state index in [0.717, 1.165) is 46.1 Å². The fourth-order valence-electron chi connectivity index (χ4n) is 3.89. The molecular formula is C25H23ClNO3-. The zero-order valence-corrected chi connectivity index (χ0v) is 17.7. The number of aromatic carboxylic acids is 1. The second kappa shape index (κ2) is 8.64. The Balaban J connectivity index is 0.00000256. The number of anilines is 1. The van der Waals surface area contributed by atoms with Crippen LogP contribution in [0.4, 0.5) is 5.69 Å². The molecule has 1 aliphatic rings. The van der Waals surface area contributed by atoms with Crippen LogP contribution in [0.15, 0.2) is 60.7 Å². The first-order valence-corrected chi connectivity index (χ1v) is 9.76. The molecular weight excluding hydrogens is 398 g/mol. The summed E-state index contributed by atoms with van der Waals surface area (Å²) in [6.45, 7) is 10.0. The molecule has 4 rings (SSSR count). The van der Waals surface area contributed by atoms with Crippen molar-refractivity contribution < 1.29 is 27.0 Å². The third kappa shape index (κ3) is 3.66. The molecule has 3 aromatic rings. The van der Waals surface area contributed by atoms with Crippen molar-refractivity contribution in [2.24, 2.45) is 0 Å². The van der Waals surface area contributed by atoms with Crippen molar-refractivity contribution in [3.8, 4) is 11.5 Å². The van der Waals surface area contributed by atoms with E-state index >= 15 is 0 Å². The van der Waals surface area contributed by atoms with E-state index in [1.165, 1.54) is 0 Å². The van der Waals surface area contributed by atoms with Gasteiger partial charge in [-0.05, 0) is 48.9 Å². The van der Waals surface area contributed by atoms with Crippen LogP contribution in [0, 0.1) is 0 Å². The van der Waals surface area contributed by atoms with Crippen LogP contribution in [0.2, 0.25) is 0 Å². The van der Waals surface area contributed by atoms with E-state index in [9.17, 15) is 9.90 Å². The summed E-state index contributed by atoms with van der Waals surface area (Å²) >= 11 is 0. The summed E-state index contributed by atoms with van der Waals surface area (Å²) in [4.78, 5) is 14.2. The molecule has 0 unspecified atom stereocenters. The van der Waals surface area contributed by atoms with Crippen molar-refractivity contribution in [2.45, 2.75) is 13.8 Å². The van der Waals surface area contributed by atoms with E-state index in [2.05, 4.69) is 31.4 Å². The fraction of sp³-hybridized carbons (Fsp3) is 0.160. The molecule has 0 spiro atoms. The maximum absolute atomic E-state index is 11.9. The molecule has 5 heteroatoms. The topological polar surface area (TPSA) is 49.8 Å². The summed E-state index contributed by atoms with van der Waals surface area (Å²) < 4.78 is 6.26. The van der Waals surface area contributed by atoms with E-state index in [1.807, 2.05) is 42.5 Å². The number of hydrogen-bond acceptors (Lipinski definition) is 3. The van der Waals surface area contributed by atoms with Crippen molar-refractivity contribution in [2.75, 3.05) is 18.0 Å². The van der Waals surface area contributed by atoms with Gasteiger partial charge in [-0.1, -0.05) is 36.9 Å². The number of carboxylic acids is 1. The average Bonchev–Trinajstić information content (AvgIpc) is 2.72. The normalized spacial score (nSPS) is 11.6. The highest BCUT2D eigenvalue weighted by molar-refractivity contribution is 5.98. The van der Waals surface area contributed by atoms with Gasteiger partial charge in [0.25, 0.3) is 0 Å². The number of hydrogen-bond donors (Lipinski definition) is 1. The van der Waals surface area contributed by atoms with Crippen molar-refractivity contribution in [1.82, 2.24) is 0 Å². The maximum atomic E-state index is 11.9. The Kier molecular flexibility index (Phi) is 6.18. The molecule has 4 nitrogen and oxygen atoms in total. The van der Waals surface area contributed by atoms with Crippen molar-refractivity contribution in [3.05, 3.63) is 87.8 Å². The first kappa shape index (κ1) is 21.5. The molecule has 0 saturated heterocycles. The second-order valence-corrected chi connectivity index (χ2v) is 7.01. The van der Waals surface area contributed by atoms with Crippen LogP contribution in [0.1, 0.15) is 35.3 Å². The molecule has 0 atom stereocenters. The third-order valence-electron chi connectivity index (χ3n) is 5.33. The molecule has 0 radical (unpaired) electrons. The molecule has 1 heterocycles. The molecule has 0 aromatic heterocycles. The Bertz CT molecular complexity index is 1220. The van der Waals surface area contributed by atoms with Crippen LogP contribution in [0.3, 0.4) is 0 Å². The first-order valence-electron chi connectivity index (χ1n) is 9.76. The first-order chi connectivity index (χ1) is 14.0. The zero-order valence-electron chi connectivity index (χ0n) is 17.0. The van der Waals surface area contributed by atoms with Crippen LogP contribution >= 0.6 is 0 Å². The Morgan fingerprint density at radius 2 is 1.70 bits per heavy atom. The minimum absolute atomic E-state index is 0. The SMILES string of the molecule is C=c1ccc2c(c1)Oc1cc(N(CC)CC)ccc1C=2c1ccccc1C(=O)O.[Cl-]. The molecule has 3 aromatic carbocycles. The van der Waals surface area contributed by atoms with Gasteiger partial charge in [0.05, 0.1) is 5.56 Å². The second-order valence-electron chi connectivity index (χ2n) is 7.01. The van der Waals surface area contributed by atoms with Crippen molar-refractivity contribution in [1.29, 1.82) is 0 Å². The molecule has 0 bridgehead atoms. The monoisotopic (exact) mass is 420 g/mol. The summed E-state index contributed by atoms with van der Waals surface area (Å²) in [5.41, 5.74) is 3.78. The van der Waals surface area contributed by atoms with Crippen molar-refractivity contribution >= 4 is 23.8 Å². The average molecular weight is 421 g/mol. The Morgan fingerprint density at radius 3 is 2.40 bits per heavy atom. The van der Waals surface area contributed by atoms with Crippen LogP contribution in [-0.2, 0) is 0 Å². The fourth-order valence-corrected chi connectivity index (χ4v) is 3.89. The van der Waals surface area contributed by atoms with Gasteiger partial charge in [0.1, 0.15) is 11.5 Å². The van der Waals surface area contributed by atoms with E-state index in [4.69, 9.17) is 4.74 Å². The Labute approximate surface area is 182 Å². The lowest BCUT2D eigenvalue weighted by molar-refractivity contribution is -0.0000218. The van der Waals surface area contributed by atoms with Gasteiger partial charge < -0.3 is 27.2 Å².